The Morgan fingerprint density at radius 1 is 1.31 bits per heavy atom. The minimum absolute atomic E-state index is 0.250. The third kappa shape index (κ3) is 180. The number of hydrogen-bond donors (Lipinski definition) is 4. The van der Waals surface area contributed by atoms with E-state index in [-0.39, 0.29) is 6.61 Å². The first-order chi connectivity index (χ1) is 5.92. The summed E-state index contributed by atoms with van der Waals surface area (Å²) in [7, 11) is 0. The Morgan fingerprint density at radius 2 is 1.54 bits per heavy atom. The summed E-state index contributed by atoms with van der Waals surface area (Å²) in [5.74, 6) is -0.833. The highest BCUT2D eigenvalue weighted by Crippen LogP contribution is 1.88. The quantitative estimate of drug-likeness (QED) is 0.472. The first-order valence-electron chi connectivity index (χ1n) is 4.08. The van der Waals surface area contributed by atoms with Gasteiger partial charge in [0.15, 0.2) is 6.29 Å². The van der Waals surface area contributed by atoms with Crippen molar-refractivity contribution in [3.05, 3.63) is 0 Å². The zero-order chi connectivity index (χ0) is 11.3. The smallest absolute Gasteiger partial charge is 0.300 e. The predicted octanol–water partition coefficient (Wildman–Crippen LogP) is 0.187. The molecule has 82 valence electrons. The molecule has 0 aliphatic rings. The molecule has 0 aromatic heterocycles. The van der Waals surface area contributed by atoms with E-state index in [2.05, 4.69) is 0 Å². The summed E-state index contributed by atoms with van der Waals surface area (Å²) in [6.07, 6.45) is 0.215. The summed E-state index contributed by atoms with van der Waals surface area (Å²) in [5, 5.41) is 31.2. The molecule has 0 heterocycles. The van der Waals surface area contributed by atoms with Crippen LogP contribution in [0.2, 0.25) is 0 Å². The van der Waals surface area contributed by atoms with Crippen LogP contribution in [0.1, 0.15) is 33.6 Å². The van der Waals surface area contributed by atoms with Gasteiger partial charge in [-0.1, -0.05) is 13.3 Å². The number of aliphatic hydroxyl groups is 3. The lowest BCUT2D eigenvalue weighted by Gasteiger charge is -1.94. The van der Waals surface area contributed by atoms with Crippen LogP contribution in [-0.4, -0.2) is 39.3 Å². The number of carboxylic acid groups (broad SMARTS) is 1. The first kappa shape index (κ1) is 18.2. The van der Waals surface area contributed by atoms with Gasteiger partial charge in [-0.25, -0.2) is 0 Å². The van der Waals surface area contributed by atoms with Crippen LogP contribution in [0.4, 0.5) is 0 Å². The molecule has 13 heavy (non-hydrogen) atoms. The molecule has 0 aromatic carbocycles. The van der Waals surface area contributed by atoms with E-state index in [0.29, 0.717) is 6.42 Å². The second-order valence-corrected chi connectivity index (χ2v) is 2.10. The van der Waals surface area contributed by atoms with E-state index < -0.39 is 12.3 Å². The summed E-state index contributed by atoms with van der Waals surface area (Å²) in [5.41, 5.74) is 0. The first-order valence-corrected chi connectivity index (χ1v) is 4.08. The van der Waals surface area contributed by atoms with Crippen molar-refractivity contribution in [3.63, 3.8) is 0 Å². The molecule has 0 bridgehead atoms. The van der Waals surface area contributed by atoms with Crippen LogP contribution in [0, 0.1) is 0 Å². The number of hydrogen-bond acceptors (Lipinski definition) is 4. The van der Waals surface area contributed by atoms with Crippen molar-refractivity contribution in [2.75, 3.05) is 6.61 Å². The molecule has 5 nitrogen and oxygen atoms in total. The molecule has 0 aliphatic carbocycles. The second-order valence-electron chi connectivity index (χ2n) is 2.10. The Morgan fingerprint density at radius 3 is 1.54 bits per heavy atom. The molecule has 0 radical (unpaired) electrons. The Kier molecular flexibility index (Phi) is 24.4. The topological polar surface area (TPSA) is 98.0 Å². The van der Waals surface area contributed by atoms with E-state index in [1.54, 1.807) is 6.92 Å². The summed E-state index contributed by atoms with van der Waals surface area (Å²) in [6, 6.07) is 0. The van der Waals surface area contributed by atoms with Crippen molar-refractivity contribution in [1.29, 1.82) is 0 Å². The lowest BCUT2D eigenvalue weighted by atomic mass is 10.3. The molecule has 5 heteroatoms. The maximum absolute atomic E-state index is 9.00. The molecule has 0 atom stereocenters. The lowest BCUT2D eigenvalue weighted by molar-refractivity contribution is -0.134. The molecule has 0 fully saturated rings. The monoisotopic (exact) mass is 196 g/mol. The van der Waals surface area contributed by atoms with Crippen LogP contribution < -0.4 is 0 Å². The van der Waals surface area contributed by atoms with Gasteiger partial charge in [0.1, 0.15) is 0 Å². The van der Waals surface area contributed by atoms with Gasteiger partial charge in [-0.3, -0.25) is 4.79 Å². The fourth-order valence-electron chi connectivity index (χ4n) is 0.258. The highest BCUT2D eigenvalue weighted by atomic mass is 16.5. The molecule has 0 amide bonds. The molecule has 0 saturated heterocycles. The highest BCUT2D eigenvalue weighted by molar-refractivity contribution is 5.62. The van der Waals surface area contributed by atoms with Gasteiger partial charge in [0.05, 0.1) is 0 Å². The van der Waals surface area contributed by atoms with Crippen LogP contribution in [0.5, 0.6) is 0 Å². The molecule has 0 aromatic rings. The third-order valence-electron chi connectivity index (χ3n) is 0.547. The summed E-state index contributed by atoms with van der Waals surface area (Å²) >= 11 is 0. The SMILES string of the molecule is CC(=O)O.CCCC(O)O.CCO. The van der Waals surface area contributed by atoms with Gasteiger partial charge < -0.3 is 20.4 Å². The highest BCUT2D eigenvalue weighted by Gasteiger charge is 1.89. The van der Waals surface area contributed by atoms with Gasteiger partial charge in [0, 0.05) is 13.5 Å². The Balaban J connectivity index is -0.000000125. The molecule has 0 unspecified atom stereocenters. The number of carboxylic acids is 1. The standard InChI is InChI=1S/C4H10O2.C2H4O2.C2H6O/c1-2-3-4(5)6;1-2(3)4;1-2-3/h4-6H,2-3H2,1H3;1H3,(H,3,4);3H,2H2,1H3. The normalized spacial score (nSPS) is 7.92. The van der Waals surface area contributed by atoms with Crippen molar-refractivity contribution >= 4 is 5.97 Å². The van der Waals surface area contributed by atoms with Crippen LogP contribution in [0.3, 0.4) is 0 Å². The van der Waals surface area contributed by atoms with E-state index in [0.717, 1.165) is 13.3 Å². The average molecular weight is 196 g/mol. The van der Waals surface area contributed by atoms with Gasteiger partial charge in [-0.05, 0) is 13.3 Å². The number of rotatable bonds is 2. The van der Waals surface area contributed by atoms with Gasteiger partial charge in [-0.15, -0.1) is 0 Å². The average Bonchev–Trinajstić information content (AvgIpc) is 1.86. The van der Waals surface area contributed by atoms with Crippen molar-refractivity contribution in [2.45, 2.75) is 39.9 Å². The zero-order valence-electron chi connectivity index (χ0n) is 8.40. The van der Waals surface area contributed by atoms with Crippen LogP contribution in [0.15, 0.2) is 0 Å². The fourth-order valence-corrected chi connectivity index (χ4v) is 0.258. The zero-order valence-corrected chi connectivity index (χ0v) is 8.40. The van der Waals surface area contributed by atoms with Gasteiger partial charge in [-0.2, -0.15) is 0 Å². The molecular weight excluding hydrogens is 176 g/mol. The minimum Gasteiger partial charge on any atom is -0.481 e. The Labute approximate surface area is 78.6 Å². The number of aliphatic hydroxyl groups excluding tert-OH is 2. The third-order valence-corrected chi connectivity index (χ3v) is 0.547. The Bertz CT molecular complexity index is 88.5. The van der Waals surface area contributed by atoms with Gasteiger partial charge in [0.25, 0.3) is 5.97 Å². The number of carbonyl (C=O) groups is 1. The van der Waals surface area contributed by atoms with Crippen LogP contribution in [-0.2, 0) is 4.79 Å². The minimum atomic E-state index is -1.10. The van der Waals surface area contributed by atoms with E-state index in [9.17, 15) is 0 Å². The van der Waals surface area contributed by atoms with Crippen molar-refractivity contribution < 1.29 is 25.2 Å². The van der Waals surface area contributed by atoms with Crippen molar-refractivity contribution in [3.8, 4) is 0 Å². The summed E-state index contributed by atoms with van der Waals surface area (Å²) < 4.78 is 0. The summed E-state index contributed by atoms with van der Waals surface area (Å²) in [6.45, 7) is 4.92. The molecule has 0 spiro atoms. The second kappa shape index (κ2) is 17.4. The van der Waals surface area contributed by atoms with Gasteiger partial charge >= 0.3 is 0 Å². The maximum Gasteiger partial charge on any atom is 0.300 e. The van der Waals surface area contributed by atoms with E-state index in [1.807, 2.05) is 6.92 Å². The fraction of sp³-hybridized carbons (Fsp3) is 0.875. The summed E-state index contributed by atoms with van der Waals surface area (Å²) in [4.78, 5) is 9.00. The lowest BCUT2D eigenvalue weighted by Crippen LogP contribution is -2.01. The molecule has 0 saturated carbocycles. The molecule has 0 rings (SSSR count). The Hall–Kier alpha value is -0.650. The predicted molar refractivity (Wildman–Crippen MR) is 49.2 cm³/mol. The largest absolute Gasteiger partial charge is 0.481 e. The molecule has 4 N–H and O–H groups in total. The van der Waals surface area contributed by atoms with Crippen LogP contribution >= 0.6 is 0 Å². The molecular formula is C8H20O5. The molecule has 0 aliphatic heterocycles. The van der Waals surface area contributed by atoms with Crippen molar-refractivity contribution in [1.82, 2.24) is 0 Å². The van der Waals surface area contributed by atoms with Gasteiger partial charge in [0.2, 0.25) is 0 Å². The van der Waals surface area contributed by atoms with E-state index in [1.165, 1.54) is 0 Å². The van der Waals surface area contributed by atoms with E-state index >= 15 is 0 Å². The maximum atomic E-state index is 9.00. The van der Waals surface area contributed by atoms with Crippen LogP contribution in [0.25, 0.3) is 0 Å². The van der Waals surface area contributed by atoms with E-state index in [4.69, 9.17) is 25.2 Å². The van der Waals surface area contributed by atoms with Crippen molar-refractivity contribution in [2.24, 2.45) is 0 Å². The number of aliphatic carboxylic acids is 1.